The molecule has 0 rings (SSSR count). The van der Waals surface area contributed by atoms with E-state index in [1.165, 1.54) is 6.34 Å². The van der Waals surface area contributed by atoms with Crippen LogP contribution in [0.5, 0.6) is 0 Å². The SMILES string of the molecule is CN(C)C=N.CNN. The first-order valence-electron chi connectivity index (χ1n) is 2.23. The van der Waals surface area contributed by atoms with Crippen LogP contribution >= 0.6 is 0 Å². The number of nitrogens with one attached hydrogen (secondary N) is 2. The van der Waals surface area contributed by atoms with Gasteiger partial charge in [0.25, 0.3) is 0 Å². The summed E-state index contributed by atoms with van der Waals surface area (Å²) in [7, 11) is 5.28. The van der Waals surface area contributed by atoms with Crippen LogP contribution in [0.15, 0.2) is 0 Å². The molecule has 0 aliphatic heterocycles. The maximum absolute atomic E-state index is 6.46. The van der Waals surface area contributed by atoms with Crippen molar-refractivity contribution in [2.24, 2.45) is 5.84 Å². The number of hydrogen-bond acceptors (Lipinski definition) is 3. The minimum absolute atomic E-state index is 1.25. The summed E-state index contributed by atoms with van der Waals surface area (Å²) in [6, 6.07) is 0. The topological polar surface area (TPSA) is 65.1 Å². The highest BCUT2D eigenvalue weighted by Crippen LogP contribution is 1.53. The maximum Gasteiger partial charge on any atom is 0.0812 e. The van der Waals surface area contributed by atoms with E-state index in [0.29, 0.717) is 0 Å². The van der Waals surface area contributed by atoms with Gasteiger partial charge in [-0.3, -0.25) is 16.7 Å². The molecule has 0 amide bonds. The van der Waals surface area contributed by atoms with E-state index in [1.54, 1.807) is 11.9 Å². The van der Waals surface area contributed by atoms with Crippen molar-refractivity contribution in [3.63, 3.8) is 0 Å². The molecule has 0 heterocycles. The second-order valence-corrected chi connectivity index (χ2v) is 1.38. The molecule has 0 aromatic heterocycles. The molecule has 0 saturated carbocycles. The van der Waals surface area contributed by atoms with E-state index in [2.05, 4.69) is 11.3 Å². The normalized spacial score (nSPS) is 6.50. The lowest BCUT2D eigenvalue weighted by atomic mass is 11.0. The number of hydrogen-bond donors (Lipinski definition) is 3. The van der Waals surface area contributed by atoms with Crippen molar-refractivity contribution in [1.82, 2.24) is 10.3 Å². The molecule has 4 heteroatoms. The van der Waals surface area contributed by atoms with Gasteiger partial charge in [-0.05, 0) is 7.05 Å². The maximum atomic E-state index is 6.46. The Kier molecular flexibility index (Phi) is 12.5. The van der Waals surface area contributed by atoms with Gasteiger partial charge in [-0.25, -0.2) is 0 Å². The van der Waals surface area contributed by atoms with Crippen LogP contribution in [0.25, 0.3) is 0 Å². The Balaban J connectivity index is 0. The van der Waals surface area contributed by atoms with Gasteiger partial charge in [-0.1, -0.05) is 0 Å². The Hall–Kier alpha value is -0.610. The average molecular weight is 118 g/mol. The van der Waals surface area contributed by atoms with Crippen LogP contribution in [-0.4, -0.2) is 32.4 Å². The first-order valence-corrected chi connectivity index (χ1v) is 2.23. The van der Waals surface area contributed by atoms with E-state index in [9.17, 15) is 0 Å². The van der Waals surface area contributed by atoms with Crippen LogP contribution in [0.4, 0.5) is 0 Å². The van der Waals surface area contributed by atoms with Gasteiger partial charge in [-0.2, -0.15) is 0 Å². The largest absolute Gasteiger partial charge is 0.369 e. The lowest BCUT2D eigenvalue weighted by Gasteiger charge is -1.96. The third kappa shape index (κ3) is 53.8. The molecule has 0 aliphatic rings. The van der Waals surface area contributed by atoms with Crippen LogP contribution in [0.1, 0.15) is 0 Å². The van der Waals surface area contributed by atoms with Crippen LogP contribution in [0, 0.1) is 5.41 Å². The monoisotopic (exact) mass is 118 g/mol. The summed E-state index contributed by atoms with van der Waals surface area (Å²) in [6.07, 6.45) is 1.25. The second-order valence-electron chi connectivity index (χ2n) is 1.38. The van der Waals surface area contributed by atoms with Gasteiger partial charge in [0.2, 0.25) is 0 Å². The molecule has 0 aromatic rings. The molecule has 0 radical (unpaired) electrons. The fourth-order valence-corrected chi connectivity index (χ4v) is 0. The molecule has 0 aliphatic carbocycles. The van der Waals surface area contributed by atoms with E-state index in [-0.39, 0.29) is 0 Å². The Morgan fingerprint density at radius 1 is 1.62 bits per heavy atom. The van der Waals surface area contributed by atoms with Crippen molar-refractivity contribution in [3.8, 4) is 0 Å². The van der Waals surface area contributed by atoms with Crippen LogP contribution < -0.4 is 11.3 Å². The zero-order valence-corrected chi connectivity index (χ0v) is 5.60. The van der Waals surface area contributed by atoms with Gasteiger partial charge in [0, 0.05) is 14.1 Å². The van der Waals surface area contributed by atoms with Gasteiger partial charge in [0.1, 0.15) is 0 Å². The van der Waals surface area contributed by atoms with E-state index in [4.69, 9.17) is 5.41 Å². The summed E-state index contributed by atoms with van der Waals surface area (Å²) >= 11 is 0. The Morgan fingerprint density at radius 3 is 1.75 bits per heavy atom. The summed E-state index contributed by atoms with van der Waals surface area (Å²) in [4.78, 5) is 1.67. The zero-order valence-electron chi connectivity index (χ0n) is 5.60. The van der Waals surface area contributed by atoms with Crippen molar-refractivity contribution in [1.29, 1.82) is 5.41 Å². The molecule has 0 unspecified atom stereocenters. The van der Waals surface area contributed by atoms with Crippen molar-refractivity contribution >= 4 is 6.34 Å². The molecule has 8 heavy (non-hydrogen) atoms. The predicted octanol–water partition coefficient (Wildman–Crippen LogP) is -0.765. The number of nitrogens with two attached hydrogens (primary N) is 1. The average Bonchev–Trinajstić information content (AvgIpc) is 1.69. The molecule has 0 aromatic carbocycles. The molecule has 0 saturated heterocycles. The zero-order chi connectivity index (χ0) is 6.99. The minimum Gasteiger partial charge on any atom is -0.369 e. The van der Waals surface area contributed by atoms with E-state index in [0.717, 1.165) is 0 Å². The van der Waals surface area contributed by atoms with Gasteiger partial charge in [0.05, 0.1) is 6.34 Å². The van der Waals surface area contributed by atoms with E-state index < -0.39 is 0 Å². The second kappa shape index (κ2) is 9.63. The molecule has 0 bridgehead atoms. The smallest absolute Gasteiger partial charge is 0.0812 e. The van der Waals surface area contributed by atoms with Crippen LogP contribution in [0.3, 0.4) is 0 Å². The fourth-order valence-electron chi connectivity index (χ4n) is 0. The Bertz CT molecular complexity index is 43.3. The Labute approximate surface area is 50.1 Å². The van der Waals surface area contributed by atoms with Crippen molar-refractivity contribution in [3.05, 3.63) is 0 Å². The quantitative estimate of drug-likeness (QED) is 0.183. The highest BCUT2D eigenvalue weighted by molar-refractivity contribution is 5.49. The fraction of sp³-hybridized carbons (Fsp3) is 0.750. The number of rotatable bonds is 1. The first-order chi connectivity index (χ1) is 3.68. The van der Waals surface area contributed by atoms with E-state index >= 15 is 0 Å². The molecule has 4 nitrogen and oxygen atoms in total. The molecule has 0 atom stereocenters. The number of hydrazine groups is 1. The summed E-state index contributed by atoms with van der Waals surface area (Å²) in [5.74, 6) is 4.60. The third-order valence-electron chi connectivity index (χ3n) is 0.258. The minimum atomic E-state index is 1.25. The van der Waals surface area contributed by atoms with Gasteiger partial charge < -0.3 is 4.90 Å². The van der Waals surface area contributed by atoms with E-state index in [1.807, 2.05) is 14.1 Å². The summed E-state index contributed by atoms with van der Waals surface area (Å²) in [5, 5.41) is 6.46. The molecule has 0 spiro atoms. The molecular weight excluding hydrogens is 104 g/mol. The summed E-state index contributed by atoms with van der Waals surface area (Å²) in [6.45, 7) is 0. The third-order valence-corrected chi connectivity index (χ3v) is 0.258. The molecule has 50 valence electrons. The summed E-state index contributed by atoms with van der Waals surface area (Å²) < 4.78 is 0. The standard InChI is InChI=1S/C3H8N2.CH6N2/c1-5(2)3-4;1-3-2/h3-4H,1-2H3;3H,2H2,1H3. The van der Waals surface area contributed by atoms with Crippen LogP contribution in [-0.2, 0) is 0 Å². The number of nitrogens with zero attached hydrogens (tertiary/aromatic N) is 1. The molecule has 0 fully saturated rings. The predicted molar refractivity (Wildman–Crippen MR) is 35.7 cm³/mol. The Morgan fingerprint density at radius 2 is 1.75 bits per heavy atom. The van der Waals surface area contributed by atoms with Gasteiger partial charge in [-0.15, -0.1) is 0 Å². The summed E-state index contributed by atoms with van der Waals surface area (Å²) in [5.41, 5.74) is 2.25. The first kappa shape index (κ1) is 10.4. The molecule has 4 N–H and O–H groups in total. The highest BCUT2D eigenvalue weighted by atomic mass is 15.2. The van der Waals surface area contributed by atoms with Crippen LogP contribution in [0.2, 0.25) is 0 Å². The lowest BCUT2D eigenvalue weighted by Crippen LogP contribution is -2.13. The van der Waals surface area contributed by atoms with Gasteiger partial charge >= 0.3 is 0 Å². The lowest BCUT2D eigenvalue weighted by molar-refractivity contribution is 0.639. The van der Waals surface area contributed by atoms with Crippen molar-refractivity contribution in [2.75, 3.05) is 21.1 Å². The van der Waals surface area contributed by atoms with Crippen molar-refractivity contribution < 1.29 is 0 Å². The molecular formula is C4H14N4. The van der Waals surface area contributed by atoms with Gasteiger partial charge in [0.15, 0.2) is 0 Å². The highest BCUT2D eigenvalue weighted by Gasteiger charge is 1.64. The van der Waals surface area contributed by atoms with Crippen molar-refractivity contribution in [2.45, 2.75) is 0 Å².